The highest BCUT2D eigenvalue weighted by Crippen LogP contribution is 2.26. The predicted octanol–water partition coefficient (Wildman–Crippen LogP) is 3.16. The second-order valence-electron chi connectivity index (χ2n) is 4.18. The first-order valence-corrected chi connectivity index (χ1v) is 5.81. The van der Waals surface area contributed by atoms with Crippen LogP contribution < -0.4 is 15.2 Å². The van der Waals surface area contributed by atoms with Crippen LogP contribution in [0.15, 0.2) is 42.5 Å². The fraction of sp³-hybridized carbons (Fsp3) is 0.200. The van der Waals surface area contributed by atoms with Gasteiger partial charge >= 0.3 is 0 Å². The van der Waals surface area contributed by atoms with E-state index in [0.717, 1.165) is 11.3 Å². The van der Waals surface area contributed by atoms with Gasteiger partial charge in [-0.3, -0.25) is 0 Å². The highest BCUT2D eigenvalue weighted by molar-refractivity contribution is 5.56. The molecule has 3 heteroatoms. The van der Waals surface area contributed by atoms with Gasteiger partial charge in [0.05, 0.1) is 12.8 Å². The Balaban J connectivity index is 2.04. The molecule has 0 fully saturated rings. The van der Waals surface area contributed by atoms with Crippen molar-refractivity contribution in [3.63, 3.8) is 0 Å². The molecule has 2 rings (SSSR count). The van der Waals surface area contributed by atoms with Gasteiger partial charge in [0.15, 0.2) is 0 Å². The van der Waals surface area contributed by atoms with Crippen LogP contribution in [0.2, 0.25) is 0 Å². The van der Waals surface area contributed by atoms with Crippen molar-refractivity contribution < 1.29 is 9.47 Å². The number of hydrogen-bond acceptors (Lipinski definition) is 3. The molecule has 0 radical (unpaired) electrons. The molecule has 2 N–H and O–H groups in total. The highest BCUT2D eigenvalue weighted by Gasteiger charge is 2.02. The molecule has 0 aliphatic heterocycles. The van der Waals surface area contributed by atoms with Gasteiger partial charge in [-0.25, -0.2) is 0 Å². The van der Waals surface area contributed by atoms with Gasteiger partial charge in [0.1, 0.15) is 18.1 Å². The molecule has 0 unspecified atom stereocenters. The lowest BCUT2D eigenvalue weighted by Gasteiger charge is -2.10. The average Bonchev–Trinajstić information content (AvgIpc) is 2.39. The summed E-state index contributed by atoms with van der Waals surface area (Å²) in [5.74, 6) is 1.41. The van der Waals surface area contributed by atoms with Crippen molar-refractivity contribution in [3.05, 3.63) is 53.6 Å². The summed E-state index contributed by atoms with van der Waals surface area (Å²) in [6.45, 7) is 2.57. The monoisotopic (exact) mass is 243 g/mol. The van der Waals surface area contributed by atoms with E-state index in [-0.39, 0.29) is 0 Å². The van der Waals surface area contributed by atoms with Gasteiger partial charge in [-0.1, -0.05) is 29.8 Å². The first kappa shape index (κ1) is 12.3. The third-order valence-electron chi connectivity index (χ3n) is 2.73. The summed E-state index contributed by atoms with van der Waals surface area (Å²) in [7, 11) is 1.61. The summed E-state index contributed by atoms with van der Waals surface area (Å²) < 4.78 is 10.8. The zero-order chi connectivity index (χ0) is 13.0. The van der Waals surface area contributed by atoms with Crippen LogP contribution in [0.5, 0.6) is 11.5 Å². The molecule has 0 heterocycles. The molecule has 2 aromatic carbocycles. The number of hydrogen-bond donors (Lipinski definition) is 1. The van der Waals surface area contributed by atoms with E-state index in [0.29, 0.717) is 18.0 Å². The minimum absolute atomic E-state index is 0.511. The van der Waals surface area contributed by atoms with E-state index in [9.17, 15) is 0 Å². The van der Waals surface area contributed by atoms with Crippen molar-refractivity contribution >= 4 is 5.69 Å². The van der Waals surface area contributed by atoms with Gasteiger partial charge < -0.3 is 15.2 Å². The lowest BCUT2D eigenvalue weighted by atomic mass is 10.2. The van der Waals surface area contributed by atoms with Gasteiger partial charge in [0, 0.05) is 6.07 Å². The number of ether oxygens (including phenoxy) is 2. The van der Waals surface area contributed by atoms with Crippen molar-refractivity contribution in [1.29, 1.82) is 0 Å². The SMILES string of the molecule is COc1ccc(OCc2ccc(C)cc2)c(N)c1. The molecule has 18 heavy (non-hydrogen) atoms. The predicted molar refractivity (Wildman–Crippen MR) is 72.9 cm³/mol. The van der Waals surface area contributed by atoms with E-state index in [4.69, 9.17) is 15.2 Å². The summed E-state index contributed by atoms with van der Waals surface area (Å²) in [6.07, 6.45) is 0. The van der Waals surface area contributed by atoms with Gasteiger partial charge in [-0.15, -0.1) is 0 Å². The summed E-state index contributed by atoms with van der Waals surface area (Å²) in [5.41, 5.74) is 8.82. The zero-order valence-corrected chi connectivity index (χ0v) is 10.6. The smallest absolute Gasteiger partial charge is 0.142 e. The average molecular weight is 243 g/mol. The van der Waals surface area contributed by atoms with Crippen LogP contribution in [0, 0.1) is 6.92 Å². The Hall–Kier alpha value is -2.16. The lowest BCUT2D eigenvalue weighted by Crippen LogP contribution is -1.99. The Bertz CT molecular complexity index is 521. The Morgan fingerprint density at radius 1 is 1.06 bits per heavy atom. The Morgan fingerprint density at radius 2 is 1.78 bits per heavy atom. The van der Waals surface area contributed by atoms with Crippen molar-refractivity contribution in [3.8, 4) is 11.5 Å². The van der Waals surface area contributed by atoms with Crippen molar-refractivity contribution in [2.24, 2.45) is 0 Å². The summed E-state index contributed by atoms with van der Waals surface area (Å²) in [5, 5.41) is 0. The third kappa shape index (κ3) is 2.94. The van der Waals surface area contributed by atoms with Crippen LogP contribution in [-0.4, -0.2) is 7.11 Å². The van der Waals surface area contributed by atoms with Crippen LogP contribution in [0.4, 0.5) is 5.69 Å². The Morgan fingerprint density at radius 3 is 2.39 bits per heavy atom. The second kappa shape index (κ2) is 5.45. The van der Waals surface area contributed by atoms with Crippen molar-refractivity contribution in [1.82, 2.24) is 0 Å². The minimum Gasteiger partial charge on any atom is -0.497 e. The fourth-order valence-corrected chi connectivity index (χ4v) is 1.63. The minimum atomic E-state index is 0.511. The number of anilines is 1. The van der Waals surface area contributed by atoms with E-state index in [1.54, 1.807) is 13.2 Å². The maximum Gasteiger partial charge on any atom is 0.142 e. The fourth-order valence-electron chi connectivity index (χ4n) is 1.63. The molecule has 0 aromatic heterocycles. The standard InChI is InChI=1S/C15H17NO2/c1-11-3-5-12(6-4-11)10-18-15-8-7-13(17-2)9-14(15)16/h3-9H,10,16H2,1-2H3. The largest absolute Gasteiger partial charge is 0.497 e. The van der Waals surface area contributed by atoms with E-state index in [2.05, 4.69) is 31.2 Å². The molecule has 0 bridgehead atoms. The van der Waals surface area contributed by atoms with Crippen LogP contribution in [0.25, 0.3) is 0 Å². The molecule has 0 spiro atoms. The quantitative estimate of drug-likeness (QED) is 0.839. The number of nitrogen functional groups attached to an aromatic ring is 1. The molecule has 0 atom stereocenters. The molecular formula is C15H17NO2. The molecule has 0 saturated heterocycles. The van der Waals surface area contributed by atoms with Gasteiger partial charge in [0.2, 0.25) is 0 Å². The van der Waals surface area contributed by atoms with E-state index in [1.807, 2.05) is 12.1 Å². The summed E-state index contributed by atoms with van der Waals surface area (Å²) >= 11 is 0. The zero-order valence-electron chi connectivity index (χ0n) is 10.6. The molecular weight excluding hydrogens is 226 g/mol. The van der Waals surface area contributed by atoms with Crippen molar-refractivity contribution in [2.45, 2.75) is 13.5 Å². The first-order chi connectivity index (χ1) is 8.69. The number of aryl methyl sites for hydroxylation is 1. The third-order valence-corrected chi connectivity index (χ3v) is 2.73. The molecule has 0 aliphatic rings. The van der Waals surface area contributed by atoms with Crippen LogP contribution >= 0.6 is 0 Å². The maximum atomic E-state index is 5.88. The lowest BCUT2D eigenvalue weighted by molar-refractivity contribution is 0.307. The van der Waals surface area contributed by atoms with Crippen LogP contribution in [0.1, 0.15) is 11.1 Å². The van der Waals surface area contributed by atoms with E-state index in [1.165, 1.54) is 5.56 Å². The van der Waals surface area contributed by atoms with Crippen LogP contribution in [-0.2, 0) is 6.61 Å². The maximum absolute atomic E-state index is 5.88. The summed E-state index contributed by atoms with van der Waals surface area (Å²) in [6, 6.07) is 13.6. The van der Waals surface area contributed by atoms with Crippen LogP contribution in [0.3, 0.4) is 0 Å². The summed E-state index contributed by atoms with van der Waals surface area (Å²) in [4.78, 5) is 0. The highest BCUT2D eigenvalue weighted by atomic mass is 16.5. The van der Waals surface area contributed by atoms with Gasteiger partial charge in [-0.05, 0) is 24.6 Å². The van der Waals surface area contributed by atoms with Gasteiger partial charge in [-0.2, -0.15) is 0 Å². The molecule has 2 aromatic rings. The van der Waals surface area contributed by atoms with Gasteiger partial charge in [0.25, 0.3) is 0 Å². The normalized spacial score (nSPS) is 10.1. The molecule has 0 amide bonds. The number of methoxy groups -OCH3 is 1. The molecule has 0 aliphatic carbocycles. The molecule has 3 nitrogen and oxygen atoms in total. The molecule has 0 saturated carbocycles. The Labute approximate surface area is 107 Å². The number of benzene rings is 2. The first-order valence-electron chi connectivity index (χ1n) is 5.81. The Kier molecular flexibility index (Phi) is 3.72. The second-order valence-corrected chi connectivity index (χ2v) is 4.18. The van der Waals surface area contributed by atoms with E-state index >= 15 is 0 Å². The van der Waals surface area contributed by atoms with E-state index < -0.39 is 0 Å². The number of nitrogens with two attached hydrogens (primary N) is 1. The number of rotatable bonds is 4. The van der Waals surface area contributed by atoms with Crippen molar-refractivity contribution in [2.75, 3.05) is 12.8 Å². The topological polar surface area (TPSA) is 44.5 Å². The molecule has 94 valence electrons.